The molecule has 0 aliphatic heterocycles. The Labute approximate surface area is 125 Å². The molecule has 1 aliphatic rings. The van der Waals surface area contributed by atoms with E-state index in [9.17, 15) is 5.11 Å². The van der Waals surface area contributed by atoms with Crippen LogP contribution in [0, 0.1) is 0 Å². The van der Waals surface area contributed by atoms with Crippen molar-refractivity contribution in [1.82, 2.24) is 0 Å². The lowest BCUT2D eigenvalue weighted by Gasteiger charge is -2.44. The molecule has 0 saturated heterocycles. The topological polar surface area (TPSA) is 38.7 Å². The van der Waals surface area contributed by atoms with Gasteiger partial charge in [-0.25, -0.2) is 0 Å². The van der Waals surface area contributed by atoms with Gasteiger partial charge in [-0.3, -0.25) is 0 Å². The predicted molar refractivity (Wildman–Crippen MR) is 81.9 cm³/mol. The van der Waals surface area contributed by atoms with Crippen LogP contribution in [0.3, 0.4) is 0 Å². The summed E-state index contributed by atoms with van der Waals surface area (Å²) in [6, 6.07) is 15.8. The van der Waals surface area contributed by atoms with Crippen LogP contribution in [0.15, 0.2) is 48.5 Å². The lowest BCUT2D eigenvalue weighted by molar-refractivity contribution is -0.0550. The molecule has 0 amide bonds. The normalized spacial score (nSPS) is 24.2. The van der Waals surface area contributed by atoms with E-state index in [1.807, 2.05) is 36.4 Å². The van der Waals surface area contributed by atoms with E-state index in [1.165, 1.54) is 5.56 Å². The highest BCUT2D eigenvalue weighted by Gasteiger charge is 2.44. The van der Waals surface area contributed by atoms with E-state index >= 15 is 0 Å². The van der Waals surface area contributed by atoms with Crippen molar-refractivity contribution in [3.05, 3.63) is 59.7 Å². The highest BCUT2D eigenvalue weighted by atomic mass is 16.5. The van der Waals surface area contributed by atoms with Gasteiger partial charge in [0.05, 0.1) is 19.8 Å². The Kier molecular flexibility index (Phi) is 3.60. The van der Waals surface area contributed by atoms with Gasteiger partial charge < -0.3 is 14.6 Å². The number of hydrogen-bond donors (Lipinski definition) is 1. The monoisotopic (exact) mass is 284 g/mol. The maximum atomic E-state index is 10.7. The van der Waals surface area contributed by atoms with Crippen molar-refractivity contribution < 1.29 is 14.6 Å². The van der Waals surface area contributed by atoms with E-state index in [0.717, 1.165) is 29.9 Å². The van der Waals surface area contributed by atoms with E-state index < -0.39 is 5.60 Å². The second-order valence-electron chi connectivity index (χ2n) is 5.64. The summed E-state index contributed by atoms with van der Waals surface area (Å²) in [5.41, 5.74) is 1.51. The molecule has 0 bridgehead atoms. The summed E-state index contributed by atoms with van der Waals surface area (Å²) in [4.78, 5) is 0. The van der Waals surface area contributed by atoms with Crippen LogP contribution in [0.25, 0.3) is 0 Å². The summed E-state index contributed by atoms with van der Waals surface area (Å²) in [7, 11) is 3.31. The number of aliphatic hydroxyl groups is 1. The van der Waals surface area contributed by atoms with E-state index in [2.05, 4.69) is 12.1 Å². The molecular formula is C18H20O3. The first kappa shape index (κ1) is 14.0. The van der Waals surface area contributed by atoms with Crippen LogP contribution in [0.4, 0.5) is 0 Å². The molecule has 0 unspecified atom stereocenters. The third-order valence-corrected chi connectivity index (χ3v) is 4.38. The van der Waals surface area contributed by atoms with E-state index in [0.29, 0.717) is 5.92 Å². The average Bonchev–Trinajstić information content (AvgIpc) is 2.52. The number of methoxy groups -OCH3 is 2. The maximum Gasteiger partial charge on any atom is 0.118 e. The number of benzene rings is 2. The van der Waals surface area contributed by atoms with Crippen LogP contribution in [-0.2, 0) is 5.60 Å². The Hall–Kier alpha value is -2.00. The fourth-order valence-electron chi connectivity index (χ4n) is 3.00. The zero-order chi connectivity index (χ0) is 14.9. The highest BCUT2D eigenvalue weighted by molar-refractivity contribution is 5.37. The largest absolute Gasteiger partial charge is 0.497 e. The third-order valence-electron chi connectivity index (χ3n) is 4.38. The minimum absolute atomic E-state index is 0.406. The van der Waals surface area contributed by atoms with Gasteiger partial charge >= 0.3 is 0 Å². The van der Waals surface area contributed by atoms with Crippen LogP contribution < -0.4 is 9.47 Å². The first-order valence-corrected chi connectivity index (χ1v) is 7.15. The second kappa shape index (κ2) is 5.41. The van der Waals surface area contributed by atoms with E-state index in [-0.39, 0.29) is 0 Å². The van der Waals surface area contributed by atoms with Crippen molar-refractivity contribution >= 4 is 0 Å². The standard InChI is InChI=1S/C18H20O3/c1-20-16-7-3-13(4-8-16)14-11-18(19,12-14)15-5-9-17(21-2)10-6-15/h3-10,14,19H,11-12H2,1-2H3. The van der Waals surface area contributed by atoms with E-state index in [1.54, 1.807) is 14.2 Å². The fourth-order valence-corrected chi connectivity index (χ4v) is 3.00. The third kappa shape index (κ3) is 2.61. The predicted octanol–water partition coefficient (Wildman–Crippen LogP) is 3.47. The molecule has 21 heavy (non-hydrogen) atoms. The average molecular weight is 284 g/mol. The first-order chi connectivity index (χ1) is 10.1. The van der Waals surface area contributed by atoms with Gasteiger partial charge in [-0.05, 0) is 54.2 Å². The molecule has 1 saturated carbocycles. The zero-order valence-electron chi connectivity index (χ0n) is 12.4. The molecule has 0 heterocycles. The smallest absolute Gasteiger partial charge is 0.118 e. The van der Waals surface area contributed by atoms with Crippen LogP contribution in [0.2, 0.25) is 0 Å². The molecule has 3 rings (SSSR count). The van der Waals surface area contributed by atoms with Crippen molar-refractivity contribution in [2.75, 3.05) is 14.2 Å². The Morgan fingerprint density at radius 3 is 1.81 bits per heavy atom. The van der Waals surface area contributed by atoms with Crippen molar-refractivity contribution in [3.8, 4) is 11.5 Å². The maximum absolute atomic E-state index is 10.7. The lowest BCUT2D eigenvalue weighted by Crippen LogP contribution is -2.39. The Balaban J connectivity index is 1.70. The van der Waals surface area contributed by atoms with Gasteiger partial charge in [-0.2, -0.15) is 0 Å². The first-order valence-electron chi connectivity index (χ1n) is 7.15. The minimum Gasteiger partial charge on any atom is -0.497 e. The van der Waals surface area contributed by atoms with Gasteiger partial charge in [0, 0.05) is 0 Å². The van der Waals surface area contributed by atoms with Crippen molar-refractivity contribution in [1.29, 1.82) is 0 Å². The number of hydrogen-bond acceptors (Lipinski definition) is 3. The van der Waals surface area contributed by atoms with E-state index in [4.69, 9.17) is 9.47 Å². The fraction of sp³-hybridized carbons (Fsp3) is 0.333. The van der Waals surface area contributed by atoms with Gasteiger partial charge in [-0.15, -0.1) is 0 Å². The summed E-state index contributed by atoms with van der Waals surface area (Å²) in [5.74, 6) is 2.08. The lowest BCUT2D eigenvalue weighted by atomic mass is 9.65. The molecule has 1 fully saturated rings. The number of ether oxygens (including phenoxy) is 2. The molecule has 1 aliphatic carbocycles. The van der Waals surface area contributed by atoms with Crippen LogP contribution in [0.5, 0.6) is 11.5 Å². The SMILES string of the molecule is COc1ccc(C2CC(O)(c3ccc(OC)cc3)C2)cc1. The van der Waals surface area contributed by atoms with Crippen LogP contribution >= 0.6 is 0 Å². The Bertz CT molecular complexity index is 595. The summed E-state index contributed by atoms with van der Waals surface area (Å²) < 4.78 is 10.3. The van der Waals surface area contributed by atoms with Gasteiger partial charge in [0.2, 0.25) is 0 Å². The summed E-state index contributed by atoms with van der Waals surface area (Å²) >= 11 is 0. The molecule has 0 spiro atoms. The van der Waals surface area contributed by atoms with Crippen LogP contribution in [0.1, 0.15) is 29.9 Å². The molecule has 2 aromatic rings. The van der Waals surface area contributed by atoms with Gasteiger partial charge in [0.15, 0.2) is 0 Å². The van der Waals surface area contributed by atoms with Crippen LogP contribution in [-0.4, -0.2) is 19.3 Å². The summed E-state index contributed by atoms with van der Waals surface area (Å²) in [6.07, 6.45) is 1.51. The molecule has 0 aromatic heterocycles. The van der Waals surface area contributed by atoms with Gasteiger partial charge in [0.1, 0.15) is 11.5 Å². The molecule has 1 N–H and O–H groups in total. The van der Waals surface area contributed by atoms with Gasteiger partial charge in [-0.1, -0.05) is 24.3 Å². The summed E-state index contributed by atoms with van der Waals surface area (Å²) in [5, 5.41) is 10.7. The van der Waals surface area contributed by atoms with Gasteiger partial charge in [0.25, 0.3) is 0 Å². The molecule has 110 valence electrons. The molecular weight excluding hydrogens is 264 g/mol. The highest BCUT2D eigenvalue weighted by Crippen LogP contribution is 2.51. The van der Waals surface area contributed by atoms with Crippen molar-refractivity contribution in [3.63, 3.8) is 0 Å². The number of rotatable bonds is 4. The summed E-state index contributed by atoms with van der Waals surface area (Å²) in [6.45, 7) is 0. The van der Waals surface area contributed by atoms with Crippen molar-refractivity contribution in [2.24, 2.45) is 0 Å². The quantitative estimate of drug-likeness (QED) is 0.934. The molecule has 2 aromatic carbocycles. The molecule has 3 nitrogen and oxygen atoms in total. The molecule has 3 heteroatoms. The molecule has 0 atom stereocenters. The molecule has 0 radical (unpaired) electrons. The van der Waals surface area contributed by atoms with Crippen molar-refractivity contribution in [2.45, 2.75) is 24.4 Å². The Morgan fingerprint density at radius 2 is 1.33 bits per heavy atom. The Morgan fingerprint density at radius 1 is 0.857 bits per heavy atom. The second-order valence-corrected chi connectivity index (χ2v) is 5.64. The zero-order valence-corrected chi connectivity index (χ0v) is 12.4. The minimum atomic E-state index is -0.711.